The van der Waals surface area contributed by atoms with E-state index in [1.54, 1.807) is 39.4 Å². The highest BCUT2D eigenvalue weighted by molar-refractivity contribution is 6.41. The lowest BCUT2D eigenvalue weighted by atomic mass is 10.1. The molecule has 0 spiro atoms. The van der Waals surface area contributed by atoms with Gasteiger partial charge in [0, 0.05) is 29.2 Å². The third-order valence-electron chi connectivity index (χ3n) is 5.89. The van der Waals surface area contributed by atoms with Gasteiger partial charge in [-0.1, -0.05) is 11.6 Å². The van der Waals surface area contributed by atoms with Gasteiger partial charge in [0.25, 0.3) is 5.91 Å². The fraction of sp³-hybridized carbons (Fsp3) is 0.292. The molecule has 0 aromatic carbocycles. The molecule has 35 heavy (non-hydrogen) atoms. The van der Waals surface area contributed by atoms with Crippen molar-refractivity contribution in [3.63, 3.8) is 0 Å². The van der Waals surface area contributed by atoms with Crippen LogP contribution in [0.3, 0.4) is 0 Å². The van der Waals surface area contributed by atoms with Crippen LogP contribution >= 0.6 is 11.6 Å². The van der Waals surface area contributed by atoms with Crippen LogP contribution in [-0.2, 0) is 16.1 Å². The summed E-state index contributed by atoms with van der Waals surface area (Å²) in [7, 11) is 1.59. The number of fused-ring (bicyclic) bond motifs is 1. The number of nitrogens with two attached hydrogens (primary N) is 1. The molecule has 3 aromatic rings. The summed E-state index contributed by atoms with van der Waals surface area (Å²) < 4.78 is 10.6. The molecule has 11 heteroatoms. The Morgan fingerprint density at radius 3 is 2.69 bits per heavy atom. The summed E-state index contributed by atoms with van der Waals surface area (Å²) in [5, 5.41) is 0.0515. The highest BCUT2D eigenvalue weighted by Gasteiger charge is 2.38. The number of H-pyrrole nitrogens is 1. The molecule has 0 radical (unpaired) electrons. The summed E-state index contributed by atoms with van der Waals surface area (Å²) in [6, 6.07) is 0. The van der Waals surface area contributed by atoms with Gasteiger partial charge in [-0.15, -0.1) is 0 Å². The molecule has 1 aliphatic heterocycles. The Morgan fingerprint density at radius 2 is 2.00 bits per heavy atom. The summed E-state index contributed by atoms with van der Waals surface area (Å²) >= 11 is 6.44. The molecule has 0 fully saturated rings. The number of hydrogen-bond donors (Lipinski definition) is 2. The molecule has 0 saturated heterocycles. The minimum absolute atomic E-state index is 0.0515. The SMILES string of the molecule is CCOC(=O)c1c[nH]c(/C=C2\C(=O)N(Cc3ncc(C)c(OC)c3C)c3nc(N)nc(Cl)c32)c1C. The molecule has 1 aliphatic rings. The van der Waals surface area contributed by atoms with Gasteiger partial charge >= 0.3 is 5.97 Å². The average Bonchev–Trinajstić information content (AvgIpc) is 3.29. The first-order valence-electron chi connectivity index (χ1n) is 10.9. The Labute approximate surface area is 207 Å². The van der Waals surface area contributed by atoms with Crippen LogP contribution in [0.2, 0.25) is 5.15 Å². The maximum absolute atomic E-state index is 13.6. The number of aryl methyl sites for hydroxylation is 1. The Morgan fingerprint density at radius 1 is 1.26 bits per heavy atom. The molecule has 0 atom stereocenters. The second-order valence-electron chi connectivity index (χ2n) is 8.03. The maximum Gasteiger partial charge on any atom is 0.339 e. The smallest absolute Gasteiger partial charge is 0.339 e. The minimum atomic E-state index is -0.449. The number of nitrogens with zero attached hydrogens (tertiary/aromatic N) is 4. The quantitative estimate of drug-likeness (QED) is 0.300. The van der Waals surface area contributed by atoms with Gasteiger partial charge in [-0.25, -0.2) is 9.78 Å². The van der Waals surface area contributed by atoms with E-state index in [2.05, 4.69) is 19.9 Å². The van der Waals surface area contributed by atoms with Crippen LogP contribution in [0.1, 0.15) is 50.9 Å². The number of carbonyl (C=O) groups is 2. The van der Waals surface area contributed by atoms with Crippen LogP contribution in [0, 0.1) is 20.8 Å². The molecule has 0 bridgehead atoms. The molecule has 0 aliphatic carbocycles. The Balaban J connectivity index is 1.80. The number of rotatable bonds is 6. The number of pyridine rings is 1. The summed E-state index contributed by atoms with van der Waals surface area (Å²) in [6.45, 7) is 7.66. The van der Waals surface area contributed by atoms with Gasteiger partial charge in [0.05, 0.1) is 42.7 Å². The van der Waals surface area contributed by atoms with E-state index in [1.807, 2.05) is 13.8 Å². The molecular weight excluding hydrogens is 472 g/mol. The third kappa shape index (κ3) is 4.21. The van der Waals surface area contributed by atoms with Gasteiger partial charge in [0.15, 0.2) is 5.82 Å². The fourth-order valence-corrected chi connectivity index (χ4v) is 4.37. The van der Waals surface area contributed by atoms with Gasteiger partial charge in [0.2, 0.25) is 5.95 Å². The van der Waals surface area contributed by atoms with E-state index in [0.29, 0.717) is 33.8 Å². The molecule has 0 unspecified atom stereocenters. The molecule has 182 valence electrons. The van der Waals surface area contributed by atoms with Crippen molar-refractivity contribution in [1.29, 1.82) is 0 Å². The van der Waals surface area contributed by atoms with Crippen molar-refractivity contribution in [1.82, 2.24) is 19.9 Å². The number of aromatic amines is 1. The van der Waals surface area contributed by atoms with Crippen molar-refractivity contribution >= 4 is 46.9 Å². The predicted octanol–water partition coefficient (Wildman–Crippen LogP) is 3.63. The van der Waals surface area contributed by atoms with E-state index >= 15 is 0 Å². The number of carbonyl (C=O) groups excluding carboxylic acids is 2. The number of nitrogens with one attached hydrogen (secondary N) is 1. The second-order valence-corrected chi connectivity index (χ2v) is 8.39. The largest absolute Gasteiger partial charge is 0.496 e. The lowest BCUT2D eigenvalue weighted by Crippen LogP contribution is -2.27. The minimum Gasteiger partial charge on any atom is -0.496 e. The van der Waals surface area contributed by atoms with E-state index in [-0.39, 0.29) is 41.6 Å². The van der Waals surface area contributed by atoms with E-state index in [1.165, 1.54) is 4.90 Å². The predicted molar refractivity (Wildman–Crippen MR) is 132 cm³/mol. The van der Waals surface area contributed by atoms with Crippen molar-refractivity contribution in [2.45, 2.75) is 34.2 Å². The molecule has 0 saturated carbocycles. The number of halogens is 1. The molecule has 3 N–H and O–H groups in total. The summed E-state index contributed by atoms with van der Waals surface area (Å²) in [6.07, 6.45) is 4.87. The normalized spacial score (nSPS) is 13.9. The summed E-state index contributed by atoms with van der Waals surface area (Å²) in [5.74, 6) is 0.129. The van der Waals surface area contributed by atoms with Crippen LogP contribution in [0.15, 0.2) is 12.4 Å². The van der Waals surface area contributed by atoms with Crippen LogP contribution in [-0.4, -0.2) is 45.5 Å². The Bertz CT molecular complexity index is 1380. The van der Waals surface area contributed by atoms with Crippen molar-refractivity contribution in [2.75, 3.05) is 24.4 Å². The number of hydrogen-bond acceptors (Lipinski definition) is 8. The number of aromatic nitrogens is 4. The summed E-state index contributed by atoms with van der Waals surface area (Å²) in [5.41, 5.74) is 10.4. The maximum atomic E-state index is 13.6. The first kappa shape index (κ1) is 24.2. The van der Waals surface area contributed by atoms with E-state index in [4.69, 9.17) is 26.8 Å². The van der Waals surface area contributed by atoms with Crippen molar-refractivity contribution in [3.8, 4) is 5.75 Å². The van der Waals surface area contributed by atoms with Crippen LogP contribution < -0.4 is 15.4 Å². The van der Waals surface area contributed by atoms with E-state index < -0.39 is 5.97 Å². The lowest BCUT2D eigenvalue weighted by molar-refractivity contribution is -0.113. The monoisotopic (exact) mass is 496 g/mol. The summed E-state index contributed by atoms with van der Waals surface area (Å²) in [4.78, 5) is 43.2. The molecule has 4 rings (SSSR count). The average molecular weight is 497 g/mol. The molecular formula is C24H25ClN6O4. The number of ether oxygens (including phenoxy) is 2. The van der Waals surface area contributed by atoms with E-state index in [0.717, 1.165) is 11.1 Å². The van der Waals surface area contributed by atoms with Crippen molar-refractivity contribution in [2.24, 2.45) is 0 Å². The standard InChI is InChI=1S/C24H25ClN6O4/c1-6-35-23(33)15-9-28-16(12(15)3)7-14-18-20(25)29-24(26)30-21(18)31(22(14)32)10-17-13(4)19(34-5)11(2)8-27-17/h7-9,28H,6,10H2,1-5H3,(H2,26,29,30)/b14-7-. The Kier molecular flexibility index (Phi) is 6.49. The van der Waals surface area contributed by atoms with Gasteiger partial charge < -0.3 is 20.2 Å². The topological polar surface area (TPSA) is 136 Å². The second kappa shape index (κ2) is 9.38. The molecule has 3 aromatic heterocycles. The number of amides is 1. The zero-order chi connectivity index (χ0) is 25.4. The highest BCUT2D eigenvalue weighted by Crippen LogP contribution is 2.42. The van der Waals surface area contributed by atoms with Gasteiger partial charge in [-0.3, -0.25) is 14.7 Å². The van der Waals surface area contributed by atoms with Crippen LogP contribution in [0.4, 0.5) is 11.8 Å². The zero-order valence-electron chi connectivity index (χ0n) is 20.0. The van der Waals surface area contributed by atoms with Gasteiger partial charge in [0.1, 0.15) is 10.9 Å². The number of nitrogen functional groups attached to an aromatic ring is 1. The first-order valence-corrected chi connectivity index (χ1v) is 11.3. The molecule has 10 nitrogen and oxygen atoms in total. The number of anilines is 2. The van der Waals surface area contributed by atoms with E-state index in [9.17, 15) is 9.59 Å². The first-order chi connectivity index (χ1) is 16.7. The van der Waals surface area contributed by atoms with Crippen molar-refractivity contribution in [3.05, 3.63) is 56.8 Å². The lowest BCUT2D eigenvalue weighted by Gasteiger charge is -2.19. The highest BCUT2D eigenvalue weighted by atomic mass is 35.5. The third-order valence-corrected chi connectivity index (χ3v) is 6.16. The van der Waals surface area contributed by atoms with Crippen LogP contribution in [0.25, 0.3) is 11.6 Å². The molecule has 1 amide bonds. The zero-order valence-corrected chi connectivity index (χ0v) is 20.8. The van der Waals surface area contributed by atoms with Gasteiger partial charge in [-0.05, 0) is 39.3 Å². The number of esters is 1. The van der Waals surface area contributed by atoms with Crippen LogP contribution in [0.5, 0.6) is 5.75 Å². The fourth-order valence-electron chi connectivity index (χ4n) is 4.10. The van der Waals surface area contributed by atoms with Crippen molar-refractivity contribution < 1.29 is 19.1 Å². The molecule has 4 heterocycles. The Hall–Kier alpha value is -3.92. The number of methoxy groups -OCH3 is 1. The van der Waals surface area contributed by atoms with Gasteiger partial charge in [-0.2, -0.15) is 4.98 Å².